The number of rotatable bonds is 3. The van der Waals surface area contributed by atoms with Crippen molar-refractivity contribution in [1.82, 2.24) is 4.98 Å². The van der Waals surface area contributed by atoms with E-state index in [1.54, 1.807) is 6.20 Å². The van der Waals surface area contributed by atoms with Crippen LogP contribution < -0.4 is 5.32 Å². The first kappa shape index (κ1) is 21.7. The van der Waals surface area contributed by atoms with E-state index in [-0.39, 0.29) is 12.8 Å². The molecule has 2 aliphatic carbocycles. The van der Waals surface area contributed by atoms with Crippen LogP contribution in [0.15, 0.2) is 48.7 Å². The Morgan fingerprint density at radius 1 is 1.12 bits per heavy atom. The first-order valence-corrected chi connectivity index (χ1v) is 9.10. The molecule has 1 N–H and O–H groups in total. The maximum atomic E-state index is 11.1. The summed E-state index contributed by atoms with van der Waals surface area (Å²) in [6.07, 6.45) is 5.62. The average molecular weight is 362 g/mol. The maximum Gasteiger partial charge on any atom is 0.248 e. The SMILES string of the molecule is CC.CC1CC1.FC1(F)CC1.O=CNc1cccc(-c2ccccn2)c1. The van der Waals surface area contributed by atoms with Crippen LogP contribution >= 0.6 is 0 Å². The molecule has 0 unspecified atom stereocenters. The van der Waals surface area contributed by atoms with Crippen LogP contribution in [0.2, 0.25) is 0 Å². The molecule has 1 aromatic carbocycles. The Morgan fingerprint density at radius 3 is 2.15 bits per heavy atom. The number of carbonyl (C=O) groups is 1. The van der Waals surface area contributed by atoms with E-state index in [1.165, 1.54) is 12.8 Å². The fraction of sp³-hybridized carbons (Fsp3) is 0.429. The summed E-state index contributed by atoms with van der Waals surface area (Å²) in [5, 5.41) is 2.61. The van der Waals surface area contributed by atoms with Crippen LogP contribution in [0.1, 0.15) is 46.5 Å². The van der Waals surface area contributed by atoms with E-state index in [9.17, 15) is 13.6 Å². The van der Waals surface area contributed by atoms with Crippen LogP contribution in [0.4, 0.5) is 14.5 Å². The first-order valence-electron chi connectivity index (χ1n) is 9.10. The van der Waals surface area contributed by atoms with Gasteiger partial charge < -0.3 is 5.32 Å². The molecule has 1 heterocycles. The zero-order valence-electron chi connectivity index (χ0n) is 15.7. The summed E-state index contributed by atoms with van der Waals surface area (Å²) in [4.78, 5) is 14.5. The normalized spacial score (nSPS) is 15.6. The molecule has 26 heavy (non-hydrogen) atoms. The van der Waals surface area contributed by atoms with Gasteiger partial charge in [0, 0.05) is 30.3 Å². The third kappa shape index (κ3) is 9.87. The smallest absolute Gasteiger partial charge is 0.248 e. The second kappa shape index (κ2) is 11.3. The number of nitrogens with one attached hydrogen (secondary N) is 1. The maximum absolute atomic E-state index is 11.1. The van der Waals surface area contributed by atoms with Crippen LogP contribution in [0.25, 0.3) is 11.3 Å². The molecule has 2 aliphatic rings. The van der Waals surface area contributed by atoms with Gasteiger partial charge >= 0.3 is 0 Å². The van der Waals surface area contributed by atoms with E-state index >= 15 is 0 Å². The zero-order chi connectivity index (χ0) is 19.4. The van der Waals surface area contributed by atoms with E-state index in [1.807, 2.05) is 56.3 Å². The molecule has 0 atom stereocenters. The molecule has 0 bridgehead atoms. The number of nitrogens with zero attached hydrogens (tertiary/aromatic N) is 1. The van der Waals surface area contributed by atoms with Gasteiger partial charge in [0.2, 0.25) is 12.3 Å². The van der Waals surface area contributed by atoms with E-state index in [0.29, 0.717) is 6.41 Å². The Kier molecular flexibility index (Phi) is 9.48. The number of hydrogen-bond donors (Lipinski definition) is 1. The average Bonchev–Trinajstić information content (AvgIpc) is 3.60. The molecular formula is C21H28F2N2O. The number of halogens is 2. The van der Waals surface area contributed by atoms with E-state index in [2.05, 4.69) is 17.2 Å². The largest absolute Gasteiger partial charge is 0.329 e. The third-order valence-electron chi connectivity index (χ3n) is 3.54. The number of alkyl halides is 2. The summed E-state index contributed by atoms with van der Waals surface area (Å²) in [6, 6.07) is 13.3. The molecule has 2 aromatic rings. The molecule has 0 spiro atoms. The van der Waals surface area contributed by atoms with Gasteiger partial charge in [-0.05, 0) is 30.2 Å². The molecule has 0 radical (unpaired) electrons. The third-order valence-corrected chi connectivity index (χ3v) is 3.54. The van der Waals surface area contributed by atoms with Crippen LogP contribution in [-0.4, -0.2) is 17.3 Å². The lowest BCUT2D eigenvalue weighted by atomic mass is 10.1. The monoisotopic (exact) mass is 362 g/mol. The number of amides is 1. The summed E-state index contributed by atoms with van der Waals surface area (Å²) >= 11 is 0. The number of pyridine rings is 1. The predicted molar refractivity (Wildman–Crippen MR) is 103 cm³/mol. The molecule has 0 saturated heterocycles. The second-order valence-corrected chi connectivity index (χ2v) is 6.10. The van der Waals surface area contributed by atoms with Gasteiger partial charge in [-0.15, -0.1) is 0 Å². The van der Waals surface area contributed by atoms with Crippen LogP contribution in [0, 0.1) is 5.92 Å². The number of anilines is 1. The standard InChI is InChI=1S/C12H10N2O.C4H8.C3H4F2.C2H6/c15-9-14-11-5-3-4-10(8-11)12-6-1-2-7-13-12;1-4-2-3-4;4-3(5)1-2-3;1-2/h1-9H,(H,14,15);4H,2-3H2,1H3;1-2H2;1-2H3. The fourth-order valence-corrected chi connectivity index (χ4v) is 1.63. The van der Waals surface area contributed by atoms with Gasteiger partial charge in [0.05, 0.1) is 5.69 Å². The van der Waals surface area contributed by atoms with Gasteiger partial charge in [0.25, 0.3) is 0 Å². The number of hydrogen-bond acceptors (Lipinski definition) is 2. The van der Waals surface area contributed by atoms with Gasteiger partial charge in [-0.3, -0.25) is 9.78 Å². The van der Waals surface area contributed by atoms with Crippen LogP contribution in [-0.2, 0) is 4.79 Å². The fourth-order valence-electron chi connectivity index (χ4n) is 1.63. The van der Waals surface area contributed by atoms with E-state index in [0.717, 1.165) is 22.9 Å². The Balaban J connectivity index is 0.000000249. The number of benzene rings is 1. The molecular weight excluding hydrogens is 334 g/mol. The van der Waals surface area contributed by atoms with Crippen molar-refractivity contribution in [3.63, 3.8) is 0 Å². The highest BCUT2D eigenvalue weighted by molar-refractivity contribution is 5.74. The lowest BCUT2D eigenvalue weighted by molar-refractivity contribution is -0.105. The van der Waals surface area contributed by atoms with Gasteiger partial charge in [0.1, 0.15) is 0 Å². The van der Waals surface area contributed by atoms with Crippen molar-refractivity contribution >= 4 is 12.1 Å². The molecule has 4 rings (SSSR count). The number of carbonyl (C=O) groups excluding carboxylic acids is 1. The highest BCUT2D eigenvalue weighted by atomic mass is 19.3. The lowest BCUT2D eigenvalue weighted by Gasteiger charge is -2.02. The minimum absolute atomic E-state index is 0.118. The van der Waals surface area contributed by atoms with Gasteiger partial charge in [-0.2, -0.15) is 0 Å². The first-order chi connectivity index (χ1) is 12.5. The van der Waals surface area contributed by atoms with Crippen molar-refractivity contribution < 1.29 is 13.6 Å². The van der Waals surface area contributed by atoms with E-state index < -0.39 is 5.92 Å². The topological polar surface area (TPSA) is 42.0 Å². The minimum atomic E-state index is -2.25. The van der Waals surface area contributed by atoms with Crippen molar-refractivity contribution in [1.29, 1.82) is 0 Å². The summed E-state index contributed by atoms with van der Waals surface area (Å²) < 4.78 is 22.3. The lowest BCUT2D eigenvalue weighted by Crippen LogP contribution is -1.93. The van der Waals surface area contributed by atoms with Gasteiger partial charge in [0.15, 0.2) is 0 Å². The summed E-state index contributed by atoms with van der Waals surface area (Å²) in [5.41, 5.74) is 2.66. The van der Waals surface area contributed by atoms with Crippen molar-refractivity contribution in [2.75, 3.05) is 5.32 Å². The van der Waals surface area contributed by atoms with Crippen molar-refractivity contribution in [3.8, 4) is 11.3 Å². The Hall–Kier alpha value is -2.30. The summed E-state index contributed by atoms with van der Waals surface area (Å²) in [5.74, 6) is -1.17. The quantitative estimate of drug-likeness (QED) is 0.663. The summed E-state index contributed by atoms with van der Waals surface area (Å²) in [6.45, 7) is 6.28. The highest BCUT2D eigenvalue weighted by Crippen LogP contribution is 2.40. The number of aromatic nitrogens is 1. The molecule has 2 fully saturated rings. The Bertz CT molecular complexity index is 637. The molecule has 3 nitrogen and oxygen atoms in total. The molecule has 142 valence electrons. The van der Waals surface area contributed by atoms with Crippen LogP contribution in [0.5, 0.6) is 0 Å². The van der Waals surface area contributed by atoms with Gasteiger partial charge in [-0.25, -0.2) is 8.78 Å². The Morgan fingerprint density at radius 2 is 1.73 bits per heavy atom. The van der Waals surface area contributed by atoms with Crippen LogP contribution in [0.3, 0.4) is 0 Å². The molecule has 0 aliphatic heterocycles. The van der Waals surface area contributed by atoms with Crippen molar-refractivity contribution in [2.24, 2.45) is 5.92 Å². The molecule has 2 saturated carbocycles. The molecule has 1 amide bonds. The highest BCUT2D eigenvalue weighted by Gasteiger charge is 2.43. The van der Waals surface area contributed by atoms with Gasteiger partial charge in [-0.1, -0.05) is 51.8 Å². The van der Waals surface area contributed by atoms with Crippen molar-refractivity contribution in [2.45, 2.75) is 52.4 Å². The Labute approximate surface area is 154 Å². The van der Waals surface area contributed by atoms with Crippen molar-refractivity contribution in [3.05, 3.63) is 48.7 Å². The second-order valence-electron chi connectivity index (χ2n) is 6.10. The molecule has 5 heteroatoms. The molecule has 1 aromatic heterocycles. The summed E-state index contributed by atoms with van der Waals surface area (Å²) in [7, 11) is 0. The minimum Gasteiger partial charge on any atom is -0.329 e. The predicted octanol–water partition coefficient (Wildman–Crippen LogP) is 6.17. The zero-order valence-corrected chi connectivity index (χ0v) is 15.7. The van der Waals surface area contributed by atoms with E-state index in [4.69, 9.17) is 0 Å².